The predicted octanol–water partition coefficient (Wildman–Crippen LogP) is 5.43. The molecule has 0 saturated carbocycles. The Morgan fingerprint density at radius 3 is 1.88 bits per heavy atom. The second-order valence-corrected chi connectivity index (χ2v) is 12.9. The lowest BCUT2D eigenvalue weighted by Crippen LogP contribution is -2.47. The van der Waals surface area contributed by atoms with Crippen LogP contribution >= 0.6 is 0 Å². The Morgan fingerprint density at radius 2 is 1.40 bits per heavy atom. The van der Waals surface area contributed by atoms with Crippen LogP contribution in [0.5, 0.6) is 0 Å². The smallest absolute Gasteiger partial charge is 0.193 e. The molecule has 0 fully saturated rings. The van der Waals surface area contributed by atoms with Gasteiger partial charge in [-0.25, -0.2) is 0 Å². The van der Waals surface area contributed by atoms with Gasteiger partial charge in [0.2, 0.25) is 0 Å². The van der Waals surface area contributed by atoms with Crippen molar-refractivity contribution in [2.45, 2.75) is 57.8 Å². The number of Topliss-reactive ketones (excluding diaryl/α,β-unsaturated/α-hetero) is 1. The van der Waals surface area contributed by atoms with E-state index < -0.39 is 8.32 Å². The van der Waals surface area contributed by atoms with Crippen molar-refractivity contribution in [3.63, 3.8) is 0 Å². The van der Waals surface area contributed by atoms with E-state index in [9.17, 15) is 4.79 Å². The Kier molecular flexibility index (Phi) is 6.36. The largest absolute Gasteiger partial charge is 0.407 e. The maximum atomic E-state index is 13.0. The normalized spacial score (nSPS) is 13.5. The average molecular weight is 355 g/mol. The van der Waals surface area contributed by atoms with Crippen molar-refractivity contribution in [2.24, 2.45) is 0 Å². The van der Waals surface area contributed by atoms with E-state index >= 15 is 0 Å². The Morgan fingerprint density at radius 1 is 0.920 bits per heavy atom. The Labute approximate surface area is 153 Å². The van der Waals surface area contributed by atoms with Crippen molar-refractivity contribution < 1.29 is 9.22 Å². The lowest BCUT2D eigenvalue weighted by atomic mass is 10.0. The van der Waals surface area contributed by atoms with Gasteiger partial charge >= 0.3 is 0 Å². The molecule has 0 aliphatic rings. The molecule has 0 bridgehead atoms. The quantitative estimate of drug-likeness (QED) is 0.620. The van der Waals surface area contributed by atoms with Crippen molar-refractivity contribution in [1.82, 2.24) is 0 Å². The first-order valence-electron chi connectivity index (χ1n) is 8.97. The Balaban J connectivity index is 2.20. The van der Waals surface area contributed by atoms with Crippen LogP contribution in [0.15, 0.2) is 60.7 Å². The van der Waals surface area contributed by atoms with E-state index in [-0.39, 0.29) is 16.9 Å². The molecule has 2 nitrogen and oxygen atoms in total. The molecule has 0 unspecified atom stereocenters. The molecule has 3 heteroatoms. The van der Waals surface area contributed by atoms with Gasteiger partial charge in [-0.05, 0) is 29.3 Å². The molecule has 0 saturated heterocycles. The fourth-order valence-corrected chi connectivity index (χ4v) is 3.77. The fourth-order valence-electron chi connectivity index (χ4n) is 2.49. The standard InChI is InChI=1S/C22H30O2Si/c1-22(2,3)25(4,5)24-21(17-19-14-10-7-11-15-19)20(23)16-18-12-8-6-9-13-18/h6-15,21H,16-17H2,1-5H3/t21-/m0/s1. The summed E-state index contributed by atoms with van der Waals surface area (Å²) in [7, 11) is -2.02. The van der Waals surface area contributed by atoms with Crippen LogP contribution in [0.4, 0.5) is 0 Å². The molecule has 0 N–H and O–H groups in total. The lowest BCUT2D eigenvalue weighted by Gasteiger charge is -2.39. The van der Waals surface area contributed by atoms with Crippen LogP contribution in [0.3, 0.4) is 0 Å². The van der Waals surface area contributed by atoms with Gasteiger partial charge in [-0.15, -0.1) is 0 Å². The maximum absolute atomic E-state index is 13.0. The van der Waals surface area contributed by atoms with Crippen LogP contribution in [-0.2, 0) is 22.1 Å². The van der Waals surface area contributed by atoms with Gasteiger partial charge < -0.3 is 4.43 Å². The van der Waals surface area contributed by atoms with E-state index in [1.54, 1.807) is 0 Å². The first kappa shape index (κ1) is 19.6. The highest BCUT2D eigenvalue weighted by Gasteiger charge is 2.40. The van der Waals surface area contributed by atoms with Crippen molar-refractivity contribution in [2.75, 3.05) is 0 Å². The molecule has 0 spiro atoms. The summed E-state index contributed by atoms with van der Waals surface area (Å²) in [5, 5.41) is 0.0783. The van der Waals surface area contributed by atoms with Gasteiger partial charge in [0, 0.05) is 12.8 Å². The third-order valence-electron chi connectivity index (χ3n) is 5.09. The van der Waals surface area contributed by atoms with Gasteiger partial charge in [0.15, 0.2) is 14.1 Å². The van der Waals surface area contributed by atoms with E-state index in [1.165, 1.54) is 0 Å². The van der Waals surface area contributed by atoms with Crippen molar-refractivity contribution in [1.29, 1.82) is 0 Å². The molecular formula is C22H30O2Si. The highest BCUT2D eigenvalue weighted by molar-refractivity contribution is 6.74. The van der Waals surface area contributed by atoms with Gasteiger partial charge in [-0.2, -0.15) is 0 Å². The monoisotopic (exact) mass is 354 g/mol. The third kappa shape index (κ3) is 5.65. The molecule has 134 valence electrons. The molecule has 2 rings (SSSR count). The molecular weight excluding hydrogens is 324 g/mol. The molecule has 0 aliphatic heterocycles. The summed E-state index contributed by atoms with van der Waals surface area (Å²) in [5.41, 5.74) is 2.19. The zero-order chi connectivity index (χ0) is 18.5. The van der Waals surface area contributed by atoms with Crippen molar-refractivity contribution in [3.05, 3.63) is 71.8 Å². The van der Waals surface area contributed by atoms with E-state index in [1.807, 2.05) is 48.5 Å². The highest BCUT2D eigenvalue weighted by Crippen LogP contribution is 2.37. The first-order chi connectivity index (χ1) is 11.7. The number of benzene rings is 2. The van der Waals surface area contributed by atoms with Crippen LogP contribution < -0.4 is 0 Å². The molecule has 25 heavy (non-hydrogen) atoms. The van der Waals surface area contributed by atoms with E-state index in [2.05, 4.69) is 46.0 Å². The Hall–Kier alpha value is -1.71. The second-order valence-electron chi connectivity index (χ2n) is 8.19. The fraction of sp³-hybridized carbons (Fsp3) is 0.409. The number of carbonyl (C=O) groups excluding carboxylic acids is 1. The minimum absolute atomic E-state index is 0.0783. The molecule has 2 aromatic rings. The summed E-state index contributed by atoms with van der Waals surface area (Å²) < 4.78 is 6.53. The summed E-state index contributed by atoms with van der Waals surface area (Å²) in [5.74, 6) is 0.167. The maximum Gasteiger partial charge on any atom is 0.193 e. The topological polar surface area (TPSA) is 26.3 Å². The molecule has 1 atom stereocenters. The molecule has 0 aliphatic carbocycles. The molecule has 0 radical (unpaired) electrons. The number of ketones is 1. The Bertz CT molecular complexity index is 672. The average Bonchev–Trinajstić information content (AvgIpc) is 2.55. The summed E-state index contributed by atoms with van der Waals surface area (Å²) in [4.78, 5) is 13.0. The minimum atomic E-state index is -2.02. The third-order valence-corrected chi connectivity index (χ3v) is 9.57. The first-order valence-corrected chi connectivity index (χ1v) is 11.9. The van der Waals surface area contributed by atoms with Gasteiger partial charge in [-0.3, -0.25) is 4.79 Å². The van der Waals surface area contributed by atoms with Crippen LogP contribution in [-0.4, -0.2) is 20.2 Å². The van der Waals surface area contributed by atoms with Crippen LogP contribution in [0.25, 0.3) is 0 Å². The summed E-state index contributed by atoms with van der Waals surface area (Å²) in [6, 6.07) is 20.1. The van der Waals surface area contributed by atoms with Gasteiger partial charge in [0.1, 0.15) is 6.10 Å². The van der Waals surface area contributed by atoms with Crippen LogP contribution in [0.2, 0.25) is 18.1 Å². The lowest BCUT2D eigenvalue weighted by molar-refractivity contribution is -0.125. The number of carbonyl (C=O) groups is 1. The second kappa shape index (κ2) is 8.11. The predicted molar refractivity (Wildman–Crippen MR) is 107 cm³/mol. The van der Waals surface area contributed by atoms with Gasteiger partial charge in [0.05, 0.1) is 0 Å². The number of hydrogen-bond donors (Lipinski definition) is 0. The summed E-state index contributed by atoms with van der Waals surface area (Å²) >= 11 is 0. The molecule has 0 amide bonds. The molecule has 0 heterocycles. The number of hydrogen-bond acceptors (Lipinski definition) is 2. The van der Waals surface area contributed by atoms with E-state index in [0.717, 1.165) is 11.1 Å². The van der Waals surface area contributed by atoms with Crippen LogP contribution in [0.1, 0.15) is 31.9 Å². The molecule has 0 aromatic heterocycles. The minimum Gasteiger partial charge on any atom is -0.407 e. The summed E-state index contributed by atoms with van der Waals surface area (Å²) in [6.07, 6.45) is 0.676. The highest BCUT2D eigenvalue weighted by atomic mass is 28.4. The SMILES string of the molecule is CC(C)(C)[Si](C)(C)O[C@@H](Cc1ccccc1)C(=O)Cc1ccccc1. The van der Waals surface area contributed by atoms with Crippen LogP contribution in [0, 0.1) is 0 Å². The van der Waals surface area contributed by atoms with Crippen molar-refractivity contribution >= 4 is 14.1 Å². The number of rotatable bonds is 7. The van der Waals surface area contributed by atoms with E-state index in [0.29, 0.717) is 12.8 Å². The zero-order valence-electron chi connectivity index (χ0n) is 16.1. The summed E-state index contributed by atoms with van der Waals surface area (Å²) in [6.45, 7) is 11.0. The van der Waals surface area contributed by atoms with Gasteiger partial charge in [-0.1, -0.05) is 81.4 Å². The molecule has 2 aromatic carbocycles. The van der Waals surface area contributed by atoms with E-state index in [4.69, 9.17) is 4.43 Å². The zero-order valence-corrected chi connectivity index (χ0v) is 17.1. The van der Waals surface area contributed by atoms with Gasteiger partial charge in [0.25, 0.3) is 0 Å². The van der Waals surface area contributed by atoms with Crippen molar-refractivity contribution in [3.8, 4) is 0 Å².